The van der Waals surface area contributed by atoms with Crippen LogP contribution in [0.15, 0.2) is 40.9 Å². The normalized spacial score (nSPS) is 10.6. The third-order valence-corrected chi connectivity index (χ3v) is 3.57. The monoisotopic (exact) mass is 355 g/mol. The standard InChI is InChI=1S/C18H18FN5O2/c1-11-9-15(17(25)23-16-10-12(2)26-24-16)22-18(21-11)20-8-7-13-3-5-14(19)6-4-13/h3-6,9-10H,7-8H2,1-2H3,(H,20,21,22)(H,23,24,25). The molecule has 0 unspecified atom stereocenters. The van der Waals surface area contributed by atoms with Crippen LogP contribution in [0.25, 0.3) is 0 Å². The van der Waals surface area contributed by atoms with Crippen molar-refractivity contribution in [2.24, 2.45) is 0 Å². The fraction of sp³-hybridized carbons (Fsp3) is 0.222. The Labute approximate surface area is 149 Å². The van der Waals surface area contributed by atoms with Crippen LogP contribution in [0.5, 0.6) is 0 Å². The first-order chi connectivity index (χ1) is 12.5. The van der Waals surface area contributed by atoms with E-state index in [0.717, 1.165) is 5.56 Å². The Hall–Kier alpha value is -3.29. The second-order valence-electron chi connectivity index (χ2n) is 5.80. The van der Waals surface area contributed by atoms with Crippen LogP contribution in [0, 0.1) is 19.7 Å². The zero-order valence-corrected chi connectivity index (χ0v) is 14.4. The summed E-state index contributed by atoms with van der Waals surface area (Å²) in [6, 6.07) is 9.51. The van der Waals surface area contributed by atoms with E-state index in [1.807, 2.05) is 0 Å². The zero-order valence-electron chi connectivity index (χ0n) is 14.4. The molecule has 2 aromatic heterocycles. The molecule has 2 N–H and O–H groups in total. The Morgan fingerprint density at radius 3 is 2.62 bits per heavy atom. The van der Waals surface area contributed by atoms with E-state index in [2.05, 4.69) is 25.8 Å². The molecule has 0 aliphatic carbocycles. The molecule has 8 heteroatoms. The number of anilines is 2. The number of halogens is 1. The van der Waals surface area contributed by atoms with Crippen LogP contribution in [-0.2, 0) is 6.42 Å². The van der Waals surface area contributed by atoms with Gasteiger partial charge in [0.05, 0.1) is 0 Å². The van der Waals surface area contributed by atoms with Crippen LogP contribution in [-0.4, -0.2) is 27.6 Å². The lowest BCUT2D eigenvalue weighted by Gasteiger charge is -2.08. The average Bonchev–Trinajstić information content (AvgIpc) is 3.01. The summed E-state index contributed by atoms with van der Waals surface area (Å²) < 4.78 is 17.8. The molecule has 1 aromatic carbocycles. The second kappa shape index (κ2) is 7.73. The van der Waals surface area contributed by atoms with Crippen molar-refractivity contribution in [3.05, 3.63) is 64.9 Å². The molecule has 3 aromatic rings. The Balaban J connectivity index is 1.63. The Kier molecular flexibility index (Phi) is 5.21. The summed E-state index contributed by atoms with van der Waals surface area (Å²) >= 11 is 0. The number of nitrogens with zero attached hydrogens (tertiary/aromatic N) is 3. The quantitative estimate of drug-likeness (QED) is 0.706. The van der Waals surface area contributed by atoms with Crippen LogP contribution < -0.4 is 10.6 Å². The van der Waals surface area contributed by atoms with Gasteiger partial charge in [0.2, 0.25) is 5.95 Å². The average molecular weight is 355 g/mol. The fourth-order valence-corrected chi connectivity index (χ4v) is 2.34. The molecular weight excluding hydrogens is 337 g/mol. The third kappa shape index (κ3) is 4.62. The minimum Gasteiger partial charge on any atom is -0.360 e. The highest BCUT2D eigenvalue weighted by atomic mass is 19.1. The van der Waals surface area contributed by atoms with Gasteiger partial charge in [-0.2, -0.15) is 0 Å². The largest absolute Gasteiger partial charge is 0.360 e. The molecule has 0 saturated carbocycles. The molecule has 0 aliphatic heterocycles. The number of hydrogen-bond acceptors (Lipinski definition) is 6. The number of aromatic nitrogens is 3. The van der Waals surface area contributed by atoms with Crippen LogP contribution in [0.2, 0.25) is 0 Å². The van der Waals surface area contributed by atoms with Crippen molar-refractivity contribution < 1.29 is 13.7 Å². The van der Waals surface area contributed by atoms with Crippen LogP contribution in [0.3, 0.4) is 0 Å². The molecule has 0 spiro atoms. The van der Waals surface area contributed by atoms with Gasteiger partial charge in [-0.05, 0) is 44.0 Å². The first-order valence-electron chi connectivity index (χ1n) is 8.08. The molecule has 134 valence electrons. The topological polar surface area (TPSA) is 92.9 Å². The van der Waals surface area contributed by atoms with Crippen molar-refractivity contribution in [3.63, 3.8) is 0 Å². The maximum absolute atomic E-state index is 12.9. The second-order valence-corrected chi connectivity index (χ2v) is 5.80. The highest BCUT2D eigenvalue weighted by molar-refractivity contribution is 6.02. The van der Waals surface area contributed by atoms with Crippen molar-refractivity contribution in [3.8, 4) is 0 Å². The lowest BCUT2D eigenvalue weighted by atomic mass is 10.1. The highest BCUT2D eigenvalue weighted by Crippen LogP contribution is 2.11. The maximum Gasteiger partial charge on any atom is 0.275 e. The zero-order chi connectivity index (χ0) is 18.5. The summed E-state index contributed by atoms with van der Waals surface area (Å²) in [5.41, 5.74) is 1.87. The predicted octanol–water partition coefficient (Wildman–Crippen LogP) is 3.13. The summed E-state index contributed by atoms with van der Waals surface area (Å²) in [6.45, 7) is 4.07. The maximum atomic E-state index is 12.9. The van der Waals surface area contributed by atoms with Gasteiger partial charge in [0, 0.05) is 18.3 Å². The fourth-order valence-electron chi connectivity index (χ4n) is 2.34. The van der Waals surface area contributed by atoms with E-state index in [4.69, 9.17) is 4.52 Å². The number of rotatable bonds is 6. The molecular formula is C18H18FN5O2. The van der Waals surface area contributed by atoms with E-state index in [9.17, 15) is 9.18 Å². The molecule has 0 fully saturated rings. The number of aryl methyl sites for hydroxylation is 2. The number of amides is 1. The Morgan fingerprint density at radius 2 is 1.92 bits per heavy atom. The van der Waals surface area contributed by atoms with Crippen molar-refractivity contribution in [2.45, 2.75) is 20.3 Å². The summed E-state index contributed by atoms with van der Waals surface area (Å²) in [6.07, 6.45) is 0.678. The number of carbonyl (C=O) groups is 1. The van der Waals surface area contributed by atoms with Crippen molar-refractivity contribution >= 4 is 17.7 Å². The smallest absolute Gasteiger partial charge is 0.275 e. The van der Waals surface area contributed by atoms with Gasteiger partial charge in [0.25, 0.3) is 5.91 Å². The number of benzene rings is 1. The lowest BCUT2D eigenvalue weighted by molar-refractivity contribution is 0.102. The van der Waals surface area contributed by atoms with Crippen LogP contribution in [0.4, 0.5) is 16.2 Å². The molecule has 2 heterocycles. The molecule has 0 saturated heterocycles. The van der Waals surface area contributed by atoms with E-state index >= 15 is 0 Å². The summed E-state index contributed by atoms with van der Waals surface area (Å²) in [4.78, 5) is 20.8. The van der Waals surface area contributed by atoms with E-state index in [1.165, 1.54) is 12.1 Å². The number of carbonyl (C=O) groups excluding carboxylic acids is 1. The first-order valence-corrected chi connectivity index (χ1v) is 8.08. The lowest BCUT2D eigenvalue weighted by Crippen LogP contribution is -2.17. The van der Waals surface area contributed by atoms with Gasteiger partial charge in [-0.3, -0.25) is 4.79 Å². The SMILES string of the molecule is Cc1cc(C(=O)Nc2cc(C)on2)nc(NCCc2ccc(F)cc2)n1. The molecule has 0 bridgehead atoms. The van der Waals surface area contributed by atoms with Gasteiger partial charge in [0.1, 0.15) is 17.3 Å². The highest BCUT2D eigenvalue weighted by Gasteiger charge is 2.13. The van der Waals surface area contributed by atoms with E-state index in [-0.39, 0.29) is 11.5 Å². The first kappa shape index (κ1) is 17.5. The van der Waals surface area contributed by atoms with Gasteiger partial charge in [-0.15, -0.1) is 0 Å². The van der Waals surface area contributed by atoms with Crippen molar-refractivity contribution in [2.75, 3.05) is 17.2 Å². The molecule has 3 rings (SSSR count). The van der Waals surface area contributed by atoms with Gasteiger partial charge >= 0.3 is 0 Å². The van der Waals surface area contributed by atoms with Crippen molar-refractivity contribution in [1.82, 2.24) is 15.1 Å². The van der Waals surface area contributed by atoms with Gasteiger partial charge < -0.3 is 15.2 Å². The summed E-state index contributed by atoms with van der Waals surface area (Å²) in [5, 5.41) is 9.43. The number of hydrogen-bond donors (Lipinski definition) is 2. The Morgan fingerprint density at radius 1 is 1.15 bits per heavy atom. The van der Waals surface area contributed by atoms with E-state index in [0.29, 0.717) is 36.2 Å². The predicted molar refractivity (Wildman–Crippen MR) is 94.6 cm³/mol. The van der Waals surface area contributed by atoms with Crippen LogP contribution in [0.1, 0.15) is 27.5 Å². The molecule has 0 atom stereocenters. The molecule has 1 amide bonds. The summed E-state index contributed by atoms with van der Waals surface area (Å²) in [7, 11) is 0. The minimum atomic E-state index is -0.398. The van der Waals surface area contributed by atoms with E-state index in [1.54, 1.807) is 38.1 Å². The van der Waals surface area contributed by atoms with Gasteiger partial charge in [-0.1, -0.05) is 17.3 Å². The van der Waals surface area contributed by atoms with Crippen LogP contribution >= 0.6 is 0 Å². The molecule has 0 aliphatic rings. The third-order valence-electron chi connectivity index (χ3n) is 3.57. The van der Waals surface area contributed by atoms with Gasteiger partial charge in [-0.25, -0.2) is 14.4 Å². The van der Waals surface area contributed by atoms with E-state index < -0.39 is 5.91 Å². The molecule has 0 radical (unpaired) electrons. The van der Waals surface area contributed by atoms with Gasteiger partial charge in [0.15, 0.2) is 5.82 Å². The summed E-state index contributed by atoms with van der Waals surface area (Å²) in [5.74, 6) is 0.623. The Bertz CT molecular complexity index is 908. The number of nitrogens with one attached hydrogen (secondary N) is 2. The van der Waals surface area contributed by atoms with Crippen molar-refractivity contribution in [1.29, 1.82) is 0 Å². The minimum absolute atomic E-state index is 0.224. The molecule has 7 nitrogen and oxygen atoms in total. The molecule has 26 heavy (non-hydrogen) atoms.